The fourth-order valence-corrected chi connectivity index (χ4v) is 4.25. The summed E-state index contributed by atoms with van der Waals surface area (Å²) in [6.07, 6.45) is 2.41. The average Bonchev–Trinajstić information content (AvgIpc) is 2.84. The van der Waals surface area contributed by atoms with Crippen molar-refractivity contribution >= 4 is 23.4 Å². The number of hydrogen-bond acceptors (Lipinski definition) is 7. The number of nitrogens with one attached hydrogen (secondary N) is 1. The van der Waals surface area contributed by atoms with Crippen molar-refractivity contribution in [1.82, 2.24) is 15.3 Å². The lowest BCUT2D eigenvalue weighted by Gasteiger charge is -2.28. The van der Waals surface area contributed by atoms with Gasteiger partial charge in [-0.25, -0.2) is 9.97 Å². The molecular formula is C24H23N5O2S. The van der Waals surface area contributed by atoms with Crippen molar-refractivity contribution in [3.63, 3.8) is 0 Å². The number of benzene rings is 2. The summed E-state index contributed by atoms with van der Waals surface area (Å²) in [6.45, 7) is 3.37. The predicted octanol–water partition coefficient (Wildman–Crippen LogP) is 3.31. The fourth-order valence-electron chi connectivity index (χ4n) is 3.39. The van der Waals surface area contributed by atoms with Gasteiger partial charge in [0.1, 0.15) is 17.4 Å². The van der Waals surface area contributed by atoms with Crippen molar-refractivity contribution in [3.8, 4) is 6.07 Å². The van der Waals surface area contributed by atoms with Crippen LogP contribution in [0.25, 0.3) is 0 Å². The Morgan fingerprint density at radius 1 is 1.16 bits per heavy atom. The third-order valence-corrected chi connectivity index (χ3v) is 5.93. The summed E-state index contributed by atoms with van der Waals surface area (Å²) < 4.78 is 5.42. The standard InChI is InChI=1S/C24H23N5O2S/c25-9-11-27-24(30)19-2-1-3-21(17-19)32-23-8-10-26-22(28-23)16-18-4-6-20(7-5-18)29-12-14-31-15-13-29/h1-8,10,17H,11-16H2,(H,27,30). The van der Waals surface area contributed by atoms with E-state index in [0.717, 1.165) is 47.6 Å². The molecule has 2 aromatic carbocycles. The van der Waals surface area contributed by atoms with Gasteiger partial charge in [0.25, 0.3) is 5.91 Å². The molecule has 7 nitrogen and oxygen atoms in total. The van der Waals surface area contributed by atoms with E-state index in [4.69, 9.17) is 10.00 Å². The zero-order chi connectivity index (χ0) is 22.2. The van der Waals surface area contributed by atoms with Crippen LogP contribution in [0.1, 0.15) is 21.7 Å². The molecule has 8 heteroatoms. The van der Waals surface area contributed by atoms with E-state index in [1.54, 1.807) is 18.3 Å². The summed E-state index contributed by atoms with van der Waals surface area (Å²) in [5.74, 6) is 0.481. The lowest BCUT2D eigenvalue weighted by Crippen LogP contribution is -2.36. The van der Waals surface area contributed by atoms with Crippen LogP contribution in [0.3, 0.4) is 0 Å². The van der Waals surface area contributed by atoms with Crippen molar-refractivity contribution in [2.24, 2.45) is 0 Å². The van der Waals surface area contributed by atoms with Crippen LogP contribution in [0.4, 0.5) is 5.69 Å². The van der Waals surface area contributed by atoms with Gasteiger partial charge in [-0.15, -0.1) is 0 Å². The molecule has 0 atom stereocenters. The fraction of sp³-hybridized carbons (Fsp3) is 0.250. The van der Waals surface area contributed by atoms with E-state index in [1.165, 1.54) is 17.4 Å². The van der Waals surface area contributed by atoms with Gasteiger partial charge in [-0.1, -0.05) is 30.0 Å². The van der Waals surface area contributed by atoms with Crippen molar-refractivity contribution < 1.29 is 9.53 Å². The Balaban J connectivity index is 1.40. The van der Waals surface area contributed by atoms with Gasteiger partial charge >= 0.3 is 0 Å². The van der Waals surface area contributed by atoms with Gasteiger partial charge in [-0.05, 0) is 42.0 Å². The summed E-state index contributed by atoms with van der Waals surface area (Å²) in [5.41, 5.74) is 2.88. The zero-order valence-corrected chi connectivity index (χ0v) is 18.3. The van der Waals surface area contributed by atoms with Crippen LogP contribution in [0.5, 0.6) is 0 Å². The lowest BCUT2D eigenvalue weighted by atomic mass is 10.1. The molecule has 0 unspecified atom stereocenters. The first kappa shape index (κ1) is 21.8. The summed E-state index contributed by atoms with van der Waals surface area (Å²) in [4.78, 5) is 24.4. The molecule has 4 rings (SSSR count). The number of carbonyl (C=O) groups is 1. The van der Waals surface area contributed by atoms with E-state index in [9.17, 15) is 4.79 Å². The number of morpholine rings is 1. The van der Waals surface area contributed by atoms with Gasteiger partial charge in [0, 0.05) is 41.9 Å². The molecule has 1 aliphatic rings. The van der Waals surface area contributed by atoms with Crippen LogP contribution < -0.4 is 10.2 Å². The molecular weight excluding hydrogens is 422 g/mol. The van der Waals surface area contributed by atoms with Gasteiger partial charge < -0.3 is 15.0 Å². The molecule has 1 aromatic heterocycles. The first-order valence-electron chi connectivity index (χ1n) is 10.4. The Labute approximate surface area is 191 Å². The molecule has 0 bridgehead atoms. The Bertz CT molecular complexity index is 1110. The van der Waals surface area contributed by atoms with Crippen molar-refractivity contribution in [2.45, 2.75) is 16.3 Å². The molecule has 1 aliphatic heterocycles. The largest absolute Gasteiger partial charge is 0.378 e. The number of rotatable bonds is 7. The second kappa shape index (κ2) is 10.8. The highest BCUT2D eigenvalue weighted by atomic mass is 32.2. The first-order valence-corrected chi connectivity index (χ1v) is 11.2. The summed E-state index contributed by atoms with van der Waals surface area (Å²) in [6, 6.07) is 19.6. The number of nitriles is 1. The number of anilines is 1. The van der Waals surface area contributed by atoms with Gasteiger partial charge in [-0.2, -0.15) is 5.26 Å². The molecule has 0 radical (unpaired) electrons. The maximum absolute atomic E-state index is 12.1. The Kier molecular flexibility index (Phi) is 7.33. The van der Waals surface area contributed by atoms with Gasteiger partial charge in [-0.3, -0.25) is 4.79 Å². The lowest BCUT2D eigenvalue weighted by molar-refractivity contribution is 0.0958. The monoisotopic (exact) mass is 445 g/mol. The number of aromatic nitrogens is 2. The molecule has 3 aromatic rings. The normalized spacial score (nSPS) is 13.4. The van der Waals surface area contributed by atoms with Crippen LogP contribution in [-0.2, 0) is 11.2 Å². The highest BCUT2D eigenvalue weighted by molar-refractivity contribution is 7.99. The number of hydrogen-bond donors (Lipinski definition) is 1. The molecule has 2 heterocycles. The Morgan fingerprint density at radius 2 is 1.97 bits per heavy atom. The smallest absolute Gasteiger partial charge is 0.252 e. The molecule has 1 N–H and O–H groups in total. The van der Waals surface area contributed by atoms with Gasteiger partial charge in [0.05, 0.1) is 19.3 Å². The summed E-state index contributed by atoms with van der Waals surface area (Å²) in [5, 5.41) is 12.0. The first-order chi connectivity index (χ1) is 15.7. The molecule has 32 heavy (non-hydrogen) atoms. The molecule has 0 spiro atoms. The Hall–Kier alpha value is -3.41. The van der Waals surface area contributed by atoms with Crippen molar-refractivity contribution in [1.29, 1.82) is 5.26 Å². The molecule has 162 valence electrons. The molecule has 1 saturated heterocycles. The van der Waals surface area contributed by atoms with E-state index >= 15 is 0 Å². The van der Waals surface area contributed by atoms with E-state index in [-0.39, 0.29) is 12.5 Å². The highest BCUT2D eigenvalue weighted by Gasteiger charge is 2.11. The average molecular weight is 446 g/mol. The number of carbonyl (C=O) groups excluding carboxylic acids is 1. The Morgan fingerprint density at radius 3 is 2.75 bits per heavy atom. The highest BCUT2D eigenvalue weighted by Crippen LogP contribution is 2.27. The minimum atomic E-state index is -0.266. The minimum absolute atomic E-state index is 0.0150. The summed E-state index contributed by atoms with van der Waals surface area (Å²) >= 11 is 1.47. The van der Waals surface area contributed by atoms with Crippen molar-refractivity contribution in [3.05, 3.63) is 77.7 Å². The van der Waals surface area contributed by atoms with E-state index in [2.05, 4.69) is 44.5 Å². The summed E-state index contributed by atoms with van der Waals surface area (Å²) in [7, 11) is 0. The van der Waals surface area contributed by atoms with Crippen LogP contribution >= 0.6 is 11.8 Å². The van der Waals surface area contributed by atoms with Crippen LogP contribution in [0.15, 0.2) is 70.7 Å². The minimum Gasteiger partial charge on any atom is -0.378 e. The van der Waals surface area contributed by atoms with Crippen LogP contribution in [0, 0.1) is 11.3 Å². The number of amides is 1. The van der Waals surface area contributed by atoms with Crippen LogP contribution in [-0.4, -0.2) is 48.7 Å². The number of nitrogens with zero attached hydrogens (tertiary/aromatic N) is 4. The SMILES string of the molecule is N#CCNC(=O)c1cccc(Sc2ccnc(Cc3ccc(N4CCOCC4)cc3)n2)c1. The van der Waals surface area contributed by atoms with Crippen molar-refractivity contribution in [2.75, 3.05) is 37.7 Å². The third kappa shape index (κ3) is 5.84. The van der Waals surface area contributed by atoms with E-state index in [0.29, 0.717) is 12.0 Å². The van der Waals surface area contributed by atoms with E-state index < -0.39 is 0 Å². The number of ether oxygens (including phenoxy) is 1. The molecule has 1 fully saturated rings. The molecule has 0 aliphatic carbocycles. The molecule has 0 saturated carbocycles. The second-order valence-corrected chi connectivity index (χ2v) is 8.32. The maximum atomic E-state index is 12.1. The maximum Gasteiger partial charge on any atom is 0.252 e. The van der Waals surface area contributed by atoms with Crippen LogP contribution in [0.2, 0.25) is 0 Å². The van der Waals surface area contributed by atoms with Gasteiger partial charge in [0.2, 0.25) is 0 Å². The second-order valence-electron chi connectivity index (χ2n) is 7.22. The topological polar surface area (TPSA) is 91.1 Å². The van der Waals surface area contributed by atoms with Gasteiger partial charge in [0.15, 0.2) is 0 Å². The third-order valence-electron chi connectivity index (χ3n) is 5.00. The van der Waals surface area contributed by atoms with E-state index in [1.807, 2.05) is 24.3 Å². The zero-order valence-electron chi connectivity index (χ0n) is 17.5. The predicted molar refractivity (Wildman–Crippen MR) is 123 cm³/mol. The molecule has 1 amide bonds. The quantitative estimate of drug-likeness (QED) is 0.441.